The summed E-state index contributed by atoms with van der Waals surface area (Å²) in [5.74, 6) is -2.61. The number of fused-ring (bicyclic) bond motifs is 3. The monoisotopic (exact) mass is 793 g/mol. The van der Waals surface area contributed by atoms with Crippen LogP contribution in [0.2, 0.25) is 0 Å². The van der Waals surface area contributed by atoms with E-state index < -0.39 is 80.2 Å². The maximum atomic E-state index is 14.9. The molecule has 0 spiro atoms. The minimum atomic E-state index is -3.92. The third kappa shape index (κ3) is 8.19. The zero-order valence-corrected chi connectivity index (χ0v) is 33.5. The molecule has 0 radical (unpaired) electrons. The van der Waals surface area contributed by atoms with E-state index in [1.54, 1.807) is 4.90 Å². The summed E-state index contributed by atoms with van der Waals surface area (Å²) in [7, 11) is -3.92. The van der Waals surface area contributed by atoms with Gasteiger partial charge in [-0.3, -0.25) is 24.0 Å². The van der Waals surface area contributed by atoms with Crippen molar-refractivity contribution in [2.45, 2.75) is 133 Å². The molecule has 3 aliphatic carbocycles. The second-order valence-electron chi connectivity index (χ2n) is 17.7. The van der Waals surface area contributed by atoms with E-state index in [0.717, 1.165) is 48.8 Å². The van der Waals surface area contributed by atoms with Gasteiger partial charge in [-0.05, 0) is 72.5 Å². The van der Waals surface area contributed by atoms with Crippen LogP contribution in [-0.4, -0.2) is 90.3 Å². The summed E-state index contributed by atoms with van der Waals surface area (Å²) in [5.41, 5.74) is 0.415. The fourth-order valence-electron chi connectivity index (χ4n) is 8.87. The number of carbonyl (C=O) groups is 5. The van der Waals surface area contributed by atoms with Gasteiger partial charge >= 0.3 is 12.2 Å². The minimum Gasteiger partial charge on any atom is -0.449 e. The van der Waals surface area contributed by atoms with Crippen molar-refractivity contribution in [3.8, 4) is 0 Å². The molecule has 6 aliphatic rings. The number of cyclic esters (lactones) is 1. The molecule has 1 unspecified atom stereocenters. The predicted octanol–water partition coefficient (Wildman–Crippen LogP) is 4.68. The van der Waals surface area contributed by atoms with Crippen molar-refractivity contribution in [1.29, 1.82) is 0 Å². The summed E-state index contributed by atoms with van der Waals surface area (Å²) in [6, 6.07) is 3.68. The third-order valence-corrected chi connectivity index (χ3v) is 14.5. The zero-order chi connectivity index (χ0) is 40.0. The van der Waals surface area contributed by atoms with E-state index in [9.17, 15) is 32.4 Å². The van der Waals surface area contributed by atoms with Crippen molar-refractivity contribution in [2.24, 2.45) is 16.7 Å². The lowest BCUT2D eigenvalue weighted by atomic mass is 9.70. The van der Waals surface area contributed by atoms with E-state index in [4.69, 9.17) is 9.47 Å². The molecule has 3 saturated carbocycles. The molecular formula is C41H55N5O9S. The molecule has 5 atom stereocenters. The van der Waals surface area contributed by atoms with Crippen LogP contribution >= 0.6 is 0 Å². The van der Waals surface area contributed by atoms with Gasteiger partial charge in [0.05, 0.1) is 24.9 Å². The lowest BCUT2D eigenvalue weighted by Gasteiger charge is -2.42. The average molecular weight is 794 g/mol. The molecule has 3 aliphatic heterocycles. The van der Waals surface area contributed by atoms with Crippen molar-refractivity contribution in [2.75, 3.05) is 13.2 Å². The van der Waals surface area contributed by atoms with Gasteiger partial charge in [-0.15, -0.1) is 6.58 Å². The highest BCUT2D eigenvalue weighted by atomic mass is 32.2. The third-order valence-electron chi connectivity index (χ3n) is 12.7. The Morgan fingerprint density at radius 1 is 1.04 bits per heavy atom. The number of carbonyl (C=O) groups excluding carboxylic acids is 5. The molecule has 14 nitrogen and oxygen atoms in total. The van der Waals surface area contributed by atoms with Crippen LogP contribution in [0.15, 0.2) is 36.9 Å². The Labute approximate surface area is 329 Å². The Morgan fingerprint density at radius 2 is 1.79 bits per heavy atom. The predicted molar refractivity (Wildman–Crippen MR) is 207 cm³/mol. The minimum absolute atomic E-state index is 0.0724. The van der Waals surface area contributed by atoms with E-state index in [2.05, 4.69) is 34.1 Å². The number of sulfonamides is 1. The number of nitrogens with one attached hydrogen (secondary N) is 3. The van der Waals surface area contributed by atoms with Crippen LogP contribution in [0.3, 0.4) is 0 Å². The number of ether oxygens (including phenoxy) is 2. The van der Waals surface area contributed by atoms with Crippen molar-refractivity contribution >= 4 is 46.0 Å². The van der Waals surface area contributed by atoms with E-state index in [0.29, 0.717) is 38.8 Å². The number of benzene rings is 1. The fraction of sp³-hybridized carbons (Fsp3) is 0.634. The lowest BCUT2D eigenvalue weighted by molar-refractivity contribution is -0.143. The quantitative estimate of drug-likeness (QED) is 0.331. The molecule has 1 saturated heterocycles. The van der Waals surface area contributed by atoms with E-state index in [-0.39, 0.29) is 31.4 Å². The van der Waals surface area contributed by atoms with Crippen LogP contribution in [0.1, 0.15) is 108 Å². The second-order valence-corrected chi connectivity index (χ2v) is 19.7. The summed E-state index contributed by atoms with van der Waals surface area (Å²) < 4.78 is 39.5. The molecular weight excluding hydrogens is 739 g/mol. The average Bonchev–Trinajstić information content (AvgIpc) is 4.05. The van der Waals surface area contributed by atoms with Crippen LogP contribution in [0.5, 0.6) is 0 Å². The fourth-order valence-corrected chi connectivity index (χ4v) is 10.2. The van der Waals surface area contributed by atoms with Crippen molar-refractivity contribution in [1.82, 2.24) is 25.2 Å². The normalized spacial score (nSPS) is 30.9. The first kappa shape index (κ1) is 39.8. The van der Waals surface area contributed by atoms with Crippen molar-refractivity contribution in [3.63, 3.8) is 0 Å². The van der Waals surface area contributed by atoms with Crippen molar-refractivity contribution < 1.29 is 41.9 Å². The standard InChI is InChI=1S/C41H55N5O9S/c1-5-28-21-41(28,36(49)44-56(52,53)30-15-16-30)43-34(47)32-20-29-23-46(32)35(48)33(40(4)18-8-6-9-19-40)42-37(50)54-25-39(2,3)17-10-7-12-26-13-11-14-27-22-45(24-31(26)27)38(51)55-29/h5,7,11-14,28-30,32-33H,1,6,8-10,15-25H2,2-4H3,(H,42,50)(H,43,47)(H,44,49)/b12-7+/t28-,29?,32+,33-,41-/m1/s1. The van der Waals surface area contributed by atoms with Gasteiger partial charge in [-0.25, -0.2) is 18.0 Å². The van der Waals surface area contributed by atoms with E-state index in [1.165, 1.54) is 11.0 Å². The highest BCUT2D eigenvalue weighted by molar-refractivity contribution is 7.91. The number of hydrogen-bond donors (Lipinski definition) is 3. The molecule has 304 valence electrons. The van der Waals surface area contributed by atoms with Crippen LogP contribution in [-0.2, 0) is 47.0 Å². The molecule has 0 aromatic heterocycles. The smallest absolute Gasteiger partial charge is 0.410 e. The first-order valence-corrected chi connectivity index (χ1v) is 21.6. The lowest BCUT2D eigenvalue weighted by Crippen LogP contribution is -2.61. The Morgan fingerprint density at radius 3 is 2.48 bits per heavy atom. The highest BCUT2D eigenvalue weighted by Crippen LogP contribution is 2.46. The Hall–Kier alpha value is -4.40. The van der Waals surface area contributed by atoms with E-state index in [1.807, 2.05) is 39.0 Å². The van der Waals surface area contributed by atoms with Gasteiger partial charge < -0.3 is 25.0 Å². The van der Waals surface area contributed by atoms with Gasteiger partial charge in [-0.1, -0.05) is 76.5 Å². The number of alkyl carbamates (subject to hydrolysis) is 1. The Balaban J connectivity index is 1.20. The maximum Gasteiger partial charge on any atom is 0.410 e. The molecule has 56 heavy (non-hydrogen) atoms. The number of hydrogen-bond acceptors (Lipinski definition) is 9. The van der Waals surface area contributed by atoms with Gasteiger partial charge in [0.25, 0.3) is 5.91 Å². The number of nitrogens with zero attached hydrogens (tertiary/aromatic N) is 2. The Kier molecular flexibility index (Phi) is 10.8. The number of rotatable bonds is 7. The highest BCUT2D eigenvalue weighted by Gasteiger charge is 2.62. The van der Waals surface area contributed by atoms with E-state index >= 15 is 0 Å². The van der Waals surface area contributed by atoms with Crippen LogP contribution < -0.4 is 15.4 Å². The molecule has 4 bridgehead atoms. The van der Waals surface area contributed by atoms with Crippen LogP contribution in [0.25, 0.3) is 6.08 Å². The summed E-state index contributed by atoms with van der Waals surface area (Å²) in [4.78, 5) is 73.2. The van der Waals surface area contributed by atoms with Gasteiger partial charge in [0.15, 0.2) is 0 Å². The first-order valence-electron chi connectivity index (χ1n) is 20.0. The van der Waals surface area contributed by atoms with Gasteiger partial charge in [0, 0.05) is 18.9 Å². The summed E-state index contributed by atoms with van der Waals surface area (Å²) >= 11 is 0. The molecule has 4 fully saturated rings. The molecule has 3 heterocycles. The number of amides is 5. The van der Waals surface area contributed by atoms with Crippen molar-refractivity contribution in [3.05, 3.63) is 53.6 Å². The van der Waals surface area contributed by atoms with Gasteiger partial charge in [0.1, 0.15) is 23.7 Å². The summed E-state index contributed by atoms with van der Waals surface area (Å²) in [5, 5.41) is 5.04. The van der Waals surface area contributed by atoms with Gasteiger partial charge in [0.2, 0.25) is 21.8 Å². The molecule has 1 aromatic rings. The second kappa shape index (κ2) is 15.2. The summed E-state index contributed by atoms with van der Waals surface area (Å²) in [6.07, 6.45) is 9.86. The van der Waals surface area contributed by atoms with Crippen LogP contribution in [0.4, 0.5) is 9.59 Å². The first-order chi connectivity index (χ1) is 26.5. The Bertz CT molecular complexity index is 1920. The SMILES string of the molecule is C=C[C@@H]1C[C@]1(NC(=O)[C@@H]1CC2CN1C(=O)[C@H](C1(C)CCCCC1)NC(=O)OCC(C)(C)CC/C=C/c1cccc3c1CN(C3)C(=O)O2)C(=O)NS(=O)(=O)C1CC1. The molecule has 5 amide bonds. The molecule has 15 heteroatoms. The number of allylic oxidation sites excluding steroid dienone is 1. The molecule has 1 aromatic carbocycles. The molecule has 3 N–H and O–H groups in total. The topological polar surface area (TPSA) is 181 Å². The zero-order valence-electron chi connectivity index (χ0n) is 32.6. The molecule has 7 rings (SSSR count). The summed E-state index contributed by atoms with van der Waals surface area (Å²) in [6.45, 7) is 10.5. The largest absolute Gasteiger partial charge is 0.449 e. The van der Waals surface area contributed by atoms with Crippen LogP contribution in [0, 0.1) is 16.7 Å². The maximum absolute atomic E-state index is 14.9. The van der Waals surface area contributed by atoms with Gasteiger partial charge in [-0.2, -0.15) is 0 Å².